The summed E-state index contributed by atoms with van der Waals surface area (Å²) >= 11 is 0. The Labute approximate surface area is 135 Å². The van der Waals surface area contributed by atoms with E-state index in [-0.39, 0.29) is 5.91 Å². The molecule has 1 amide bonds. The Bertz CT molecular complexity index is 707. The maximum absolute atomic E-state index is 13.0. The molecule has 3 rings (SSSR count). The van der Waals surface area contributed by atoms with E-state index in [2.05, 4.69) is 22.4 Å². The van der Waals surface area contributed by atoms with Crippen molar-refractivity contribution in [1.29, 1.82) is 0 Å². The lowest BCUT2D eigenvalue weighted by atomic mass is 10.00. The third kappa shape index (κ3) is 3.47. The monoisotopic (exact) mass is 311 g/mol. The number of benzene rings is 1. The molecule has 0 aliphatic carbocycles. The highest BCUT2D eigenvalue weighted by atomic mass is 16.2. The van der Waals surface area contributed by atoms with Gasteiger partial charge < -0.3 is 4.90 Å². The Morgan fingerprint density at radius 1 is 1.30 bits per heavy atom. The normalized spacial score (nSPS) is 19.0. The topological polar surface area (TPSA) is 63.9 Å². The van der Waals surface area contributed by atoms with Gasteiger partial charge in [-0.15, -0.1) is 5.10 Å². The van der Waals surface area contributed by atoms with Crippen LogP contribution in [0.5, 0.6) is 0 Å². The van der Waals surface area contributed by atoms with E-state index in [0.29, 0.717) is 17.4 Å². The number of carbonyl (C=O) groups is 1. The number of hydrogen-bond donors (Lipinski definition) is 0. The Morgan fingerprint density at radius 3 is 2.74 bits per heavy atom. The first-order valence-electron chi connectivity index (χ1n) is 7.96. The molecule has 0 unspecified atom stereocenters. The third-order valence-corrected chi connectivity index (χ3v) is 4.12. The molecule has 6 heteroatoms. The predicted octanol–water partition coefficient (Wildman–Crippen LogP) is 2.24. The van der Waals surface area contributed by atoms with Gasteiger partial charge in [-0.3, -0.25) is 4.79 Å². The average Bonchev–Trinajstić information content (AvgIpc) is 2.99. The number of hydrogen-bond acceptors (Lipinski definition) is 4. The van der Waals surface area contributed by atoms with Crippen molar-refractivity contribution in [3.8, 4) is 0 Å². The minimum absolute atomic E-state index is 0.0178. The third-order valence-electron chi connectivity index (χ3n) is 4.12. The largest absolute Gasteiger partial charge is 0.337 e. The number of carbonyl (C=O) groups excluding carboxylic acids is 1. The molecule has 1 atom stereocenters. The van der Waals surface area contributed by atoms with Crippen LogP contribution in [0.15, 0.2) is 30.3 Å². The summed E-state index contributed by atoms with van der Waals surface area (Å²) in [4.78, 5) is 14.9. The highest BCUT2D eigenvalue weighted by Gasteiger charge is 2.26. The summed E-state index contributed by atoms with van der Waals surface area (Å²) in [7, 11) is 0. The highest BCUT2D eigenvalue weighted by molar-refractivity contribution is 6.18. The van der Waals surface area contributed by atoms with Crippen molar-refractivity contribution in [2.24, 2.45) is 5.92 Å². The Balaban J connectivity index is 1.97. The van der Waals surface area contributed by atoms with Gasteiger partial charge in [0.1, 0.15) is 5.70 Å². The first-order valence-corrected chi connectivity index (χ1v) is 7.96. The van der Waals surface area contributed by atoms with Crippen molar-refractivity contribution in [3.05, 3.63) is 41.7 Å². The fourth-order valence-electron chi connectivity index (χ4n) is 2.91. The second-order valence-corrected chi connectivity index (χ2v) is 6.08. The number of piperidine rings is 1. The number of aryl methyl sites for hydroxylation is 1. The number of likely N-dealkylation sites (tertiary alicyclic amines) is 1. The molecule has 120 valence electrons. The summed E-state index contributed by atoms with van der Waals surface area (Å²) < 4.78 is 1.52. The lowest BCUT2D eigenvalue weighted by molar-refractivity contribution is -0.127. The van der Waals surface area contributed by atoms with Crippen LogP contribution in [0.25, 0.3) is 11.8 Å². The van der Waals surface area contributed by atoms with Crippen molar-refractivity contribution in [3.63, 3.8) is 0 Å². The van der Waals surface area contributed by atoms with Gasteiger partial charge in [-0.25, -0.2) is 0 Å². The standard InChI is InChI=1S/C17H21N5O/c1-13-7-6-10-21(12-13)17(23)16(22-14(2)18-19-20-22)11-15-8-4-3-5-9-15/h3-5,8-9,11,13H,6-7,10,12H2,1-2H3/b16-11+/t13-/m0/s1. The minimum Gasteiger partial charge on any atom is -0.337 e. The summed E-state index contributed by atoms with van der Waals surface area (Å²) in [6, 6.07) is 9.78. The molecule has 1 aromatic heterocycles. The van der Waals surface area contributed by atoms with Crippen LogP contribution in [-0.2, 0) is 4.79 Å². The molecule has 0 radical (unpaired) electrons. The van der Waals surface area contributed by atoms with Crippen LogP contribution in [0.4, 0.5) is 0 Å². The fourth-order valence-corrected chi connectivity index (χ4v) is 2.91. The van der Waals surface area contributed by atoms with Crippen molar-refractivity contribution >= 4 is 17.7 Å². The molecule has 0 saturated carbocycles. The Morgan fingerprint density at radius 2 is 2.09 bits per heavy atom. The molecule has 0 spiro atoms. The van der Waals surface area contributed by atoms with Crippen LogP contribution in [0, 0.1) is 12.8 Å². The molecular weight excluding hydrogens is 290 g/mol. The van der Waals surface area contributed by atoms with Gasteiger partial charge in [0.25, 0.3) is 5.91 Å². The molecule has 0 N–H and O–H groups in total. The fraction of sp³-hybridized carbons (Fsp3) is 0.412. The van der Waals surface area contributed by atoms with Crippen LogP contribution in [0.3, 0.4) is 0 Å². The number of rotatable bonds is 3. The van der Waals surface area contributed by atoms with Gasteiger partial charge in [-0.2, -0.15) is 4.68 Å². The van der Waals surface area contributed by atoms with Gasteiger partial charge in [0, 0.05) is 13.1 Å². The van der Waals surface area contributed by atoms with E-state index >= 15 is 0 Å². The highest BCUT2D eigenvalue weighted by Crippen LogP contribution is 2.20. The number of amides is 1. The van der Waals surface area contributed by atoms with E-state index in [0.717, 1.165) is 25.1 Å². The van der Waals surface area contributed by atoms with E-state index < -0.39 is 0 Å². The first-order chi connectivity index (χ1) is 11.1. The first kappa shape index (κ1) is 15.4. The number of tetrazole rings is 1. The van der Waals surface area contributed by atoms with Crippen LogP contribution >= 0.6 is 0 Å². The van der Waals surface area contributed by atoms with E-state index in [1.165, 1.54) is 11.1 Å². The van der Waals surface area contributed by atoms with Gasteiger partial charge in [0.15, 0.2) is 5.82 Å². The Kier molecular flexibility index (Phi) is 4.50. The molecule has 1 fully saturated rings. The van der Waals surface area contributed by atoms with Gasteiger partial charge in [0.05, 0.1) is 0 Å². The SMILES string of the molecule is Cc1nnnn1/C(=C/c1ccccc1)C(=O)N1CCC[C@H](C)C1. The quantitative estimate of drug-likeness (QED) is 0.816. The lowest BCUT2D eigenvalue weighted by Crippen LogP contribution is -2.40. The predicted molar refractivity (Wildman–Crippen MR) is 88.1 cm³/mol. The lowest BCUT2D eigenvalue weighted by Gasteiger charge is -2.31. The summed E-state index contributed by atoms with van der Waals surface area (Å²) in [5.74, 6) is 1.11. The molecule has 1 aliphatic rings. The maximum Gasteiger partial charge on any atom is 0.272 e. The van der Waals surface area contributed by atoms with Crippen LogP contribution < -0.4 is 0 Å². The van der Waals surface area contributed by atoms with Crippen LogP contribution in [-0.4, -0.2) is 44.1 Å². The summed E-state index contributed by atoms with van der Waals surface area (Å²) in [5.41, 5.74) is 1.45. The maximum atomic E-state index is 13.0. The van der Waals surface area contributed by atoms with Gasteiger partial charge in [-0.05, 0) is 47.7 Å². The van der Waals surface area contributed by atoms with E-state index in [9.17, 15) is 4.79 Å². The zero-order chi connectivity index (χ0) is 16.2. The molecule has 23 heavy (non-hydrogen) atoms. The van der Waals surface area contributed by atoms with Crippen molar-refractivity contribution in [1.82, 2.24) is 25.1 Å². The molecule has 1 aromatic carbocycles. The molecule has 1 saturated heterocycles. The molecule has 6 nitrogen and oxygen atoms in total. The Hall–Kier alpha value is -2.50. The second kappa shape index (κ2) is 6.73. The van der Waals surface area contributed by atoms with Crippen molar-refractivity contribution in [2.45, 2.75) is 26.7 Å². The van der Waals surface area contributed by atoms with E-state index in [1.54, 1.807) is 6.92 Å². The molecule has 2 aromatic rings. The zero-order valence-electron chi connectivity index (χ0n) is 13.5. The molecule has 2 heterocycles. The number of nitrogens with zero attached hydrogens (tertiary/aromatic N) is 5. The van der Waals surface area contributed by atoms with E-state index in [4.69, 9.17) is 0 Å². The summed E-state index contributed by atoms with van der Waals surface area (Å²) in [5, 5.41) is 11.6. The van der Waals surface area contributed by atoms with Crippen LogP contribution in [0.1, 0.15) is 31.2 Å². The summed E-state index contributed by atoms with van der Waals surface area (Å²) in [6.45, 7) is 5.55. The number of aromatic nitrogens is 4. The van der Waals surface area contributed by atoms with E-state index in [1.807, 2.05) is 41.3 Å². The van der Waals surface area contributed by atoms with Crippen LogP contribution in [0.2, 0.25) is 0 Å². The van der Waals surface area contributed by atoms with Gasteiger partial charge in [-0.1, -0.05) is 37.3 Å². The molecular formula is C17H21N5O. The average molecular weight is 311 g/mol. The van der Waals surface area contributed by atoms with Gasteiger partial charge in [0.2, 0.25) is 0 Å². The van der Waals surface area contributed by atoms with Crippen molar-refractivity contribution < 1.29 is 4.79 Å². The smallest absolute Gasteiger partial charge is 0.272 e. The molecule has 1 aliphatic heterocycles. The summed E-state index contributed by atoms with van der Waals surface area (Å²) in [6.07, 6.45) is 4.07. The zero-order valence-corrected chi connectivity index (χ0v) is 13.5. The van der Waals surface area contributed by atoms with Gasteiger partial charge >= 0.3 is 0 Å². The second-order valence-electron chi connectivity index (χ2n) is 6.08. The molecule has 0 bridgehead atoms. The minimum atomic E-state index is -0.0178. The van der Waals surface area contributed by atoms with Crippen molar-refractivity contribution in [2.75, 3.05) is 13.1 Å².